The Kier molecular flexibility index (Phi) is 4.43. The summed E-state index contributed by atoms with van der Waals surface area (Å²) in [6.07, 6.45) is 1.84. The molecule has 0 aliphatic carbocycles. The molecule has 0 amide bonds. The van der Waals surface area contributed by atoms with Gasteiger partial charge in [0.25, 0.3) is 0 Å². The van der Waals surface area contributed by atoms with Gasteiger partial charge in [-0.2, -0.15) is 9.57 Å². The molecule has 20 heavy (non-hydrogen) atoms. The lowest BCUT2D eigenvalue weighted by Gasteiger charge is -2.35. The van der Waals surface area contributed by atoms with Crippen LogP contribution in [0.4, 0.5) is 0 Å². The normalized spacial score (nSPS) is 20.8. The Bertz CT molecular complexity index is 620. The maximum absolute atomic E-state index is 12.7. The van der Waals surface area contributed by atoms with E-state index in [9.17, 15) is 8.42 Å². The molecule has 108 valence electrons. The van der Waals surface area contributed by atoms with E-state index in [0.717, 1.165) is 12.8 Å². The lowest BCUT2D eigenvalue weighted by atomic mass is 10.1. The largest absolute Gasteiger partial charge is 0.305 e. The van der Waals surface area contributed by atoms with Crippen LogP contribution in [0.15, 0.2) is 29.2 Å². The van der Waals surface area contributed by atoms with E-state index in [1.807, 2.05) is 20.2 Å². The van der Waals surface area contributed by atoms with Gasteiger partial charge in [-0.3, -0.25) is 0 Å². The topological polar surface area (TPSA) is 64.4 Å². The van der Waals surface area contributed by atoms with Gasteiger partial charge in [-0.1, -0.05) is 12.1 Å². The van der Waals surface area contributed by atoms with Gasteiger partial charge in [-0.15, -0.1) is 0 Å². The van der Waals surface area contributed by atoms with Gasteiger partial charge in [-0.05, 0) is 39.1 Å². The minimum atomic E-state index is -3.59. The van der Waals surface area contributed by atoms with E-state index in [2.05, 4.69) is 4.90 Å². The molecule has 0 saturated carbocycles. The number of nitriles is 1. The van der Waals surface area contributed by atoms with Crippen LogP contribution in [-0.4, -0.2) is 50.8 Å². The first-order chi connectivity index (χ1) is 9.46. The Hall–Kier alpha value is -1.42. The minimum absolute atomic E-state index is 0.113. The molecule has 1 fully saturated rings. The van der Waals surface area contributed by atoms with Crippen LogP contribution < -0.4 is 0 Å². The van der Waals surface area contributed by atoms with E-state index < -0.39 is 10.0 Å². The summed E-state index contributed by atoms with van der Waals surface area (Å²) in [5, 5.41) is 9.08. The standard InChI is InChI=1S/C14H19N3O2S/c1-16(2)13-7-5-9-17(11-13)20(18,19)14-8-4-3-6-12(14)10-15/h3-4,6,8,13H,5,7,9,11H2,1-2H3. The summed E-state index contributed by atoms with van der Waals surface area (Å²) in [5.41, 5.74) is 0.208. The zero-order valence-electron chi connectivity index (χ0n) is 11.8. The molecule has 0 aromatic heterocycles. The number of nitrogens with zero attached hydrogens (tertiary/aromatic N) is 3. The van der Waals surface area contributed by atoms with E-state index in [1.54, 1.807) is 18.2 Å². The molecule has 2 rings (SSSR count). The van der Waals surface area contributed by atoms with Gasteiger partial charge >= 0.3 is 0 Å². The van der Waals surface area contributed by atoms with Gasteiger partial charge in [0.15, 0.2) is 0 Å². The maximum atomic E-state index is 12.7. The predicted molar refractivity (Wildman–Crippen MR) is 76.6 cm³/mol. The van der Waals surface area contributed by atoms with E-state index in [1.165, 1.54) is 10.4 Å². The Morgan fingerprint density at radius 2 is 2.05 bits per heavy atom. The molecule has 0 spiro atoms. The van der Waals surface area contributed by atoms with E-state index in [4.69, 9.17) is 5.26 Å². The number of sulfonamides is 1. The lowest BCUT2D eigenvalue weighted by Crippen LogP contribution is -2.47. The van der Waals surface area contributed by atoms with Crippen molar-refractivity contribution in [1.82, 2.24) is 9.21 Å². The predicted octanol–water partition coefficient (Wildman–Crippen LogP) is 1.27. The van der Waals surface area contributed by atoms with Crippen molar-refractivity contribution in [1.29, 1.82) is 5.26 Å². The SMILES string of the molecule is CN(C)C1CCCN(S(=O)(=O)c2ccccc2C#N)C1. The maximum Gasteiger partial charge on any atom is 0.244 e. The van der Waals surface area contributed by atoms with Gasteiger partial charge in [0.05, 0.1) is 10.5 Å². The molecule has 1 unspecified atom stereocenters. The van der Waals surface area contributed by atoms with Crippen LogP contribution in [0, 0.1) is 11.3 Å². The summed E-state index contributed by atoms with van der Waals surface area (Å²) < 4.78 is 26.9. The van der Waals surface area contributed by atoms with Crippen LogP contribution in [0.3, 0.4) is 0 Å². The second kappa shape index (κ2) is 5.92. The van der Waals surface area contributed by atoms with Crippen LogP contribution in [0.25, 0.3) is 0 Å². The van der Waals surface area contributed by atoms with Crippen molar-refractivity contribution in [3.63, 3.8) is 0 Å². The molecule has 5 nitrogen and oxygen atoms in total. The van der Waals surface area contributed by atoms with Crippen molar-refractivity contribution in [3.05, 3.63) is 29.8 Å². The second-order valence-electron chi connectivity index (χ2n) is 5.23. The fourth-order valence-corrected chi connectivity index (χ4v) is 4.14. The third-order valence-corrected chi connectivity index (χ3v) is 5.64. The van der Waals surface area contributed by atoms with Gasteiger partial charge in [0.1, 0.15) is 6.07 Å². The highest BCUT2D eigenvalue weighted by atomic mass is 32.2. The van der Waals surface area contributed by atoms with Crippen LogP contribution in [0.2, 0.25) is 0 Å². The van der Waals surface area contributed by atoms with Crippen molar-refractivity contribution >= 4 is 10.0 Å². The Balaban J connectivity index is 2.33. The zero-order valence-corrected chi connectivity index (χ0v) is 12.6. The first-order valence-corrected chi connectivity index (χ1v) is 8.06. The summed E-state index contributed by atoms with van der Waals surface area (Å²) in [5.74, 6) is 0. The number of piperidine rings is 1. The van der Waals surface area contributed by atoms with E-state index in [-0.39, 0.29) is 16.5 Å². The smallest absolute Gasteiger partial charge is 0.244 e. The monoisotopic (exact) mass is 293 g/mol. The molecule has 1 aromatic carbocycles. The summed E-state index contributed by atoms with van der Waals surface area (Å²) in [6, 6.07) is 8.57. The molecule has 1 saturated heterocycles. The molecule has 1 aliphatic heterocycles. The molecule has 1 aliphatic rings. The van der Waals surface area contributed by atoms with E-state index >= 15 is 0 Å². The molecule has 0 N–H and O–H groups in total. The summed E-state index contributed by atoms with van der Waals surface area (Å²) in [4.78, 5) is 2.17. The third kappa shape index (κ3) is 2.85. The highest BCUT2D eigenvalue weighted by Crippen LogP contribution is 2.24. The number of likely N-dealkylation sites (N-methyl/N-ethyl adjacent to an activating group) is 1. The van der Waals surface area contributed by atoms with Crippen molar-refractivity contribution in [3.8, 4) is 6.07 Å². The molecule has 6 heteroatoms. The van der Waals surface area contributed by atoms with Crippen molar-refractivity contribution in [2.24, 2.45) is 0 Å². The molecule has 1 aromatic rings. The summed E-state index contributed by atoms with van der Waals surface area (Å²) in [7, 11) is 0.338. The van der Waals surface area contributed by atoms with E-state index in [0.29, 0.717) is 13.1 Å². The molecular formula is C14H19N3O2S. The highest BCUT2D eigenvalue weighted by Gasteiger charge is 2.32. The highest BCUT2D eigenvalue weighted by molar-refractivity contribution is 7.89. The lowest BCUT2D eigenvalue weighted by molar-refractivity contribution is 0.190. The molecule has 1 heterocycles. The average molecular weight is 293 g/mol. The number of hydrogen-bond acceptors (Lipinski definition) is 4. The second-order valence-corrected chi connectivity index (χ2v) is 7.14. The molecular weight excluding hydrogens is 274 g/mol. The van der Waals surface area contributed by atoms with Crippen molar-refractivity contribution < 1.29 is 8.42 Å². The van der Waals surface area contributed by atoms with Gasteiger partial charge in [0.2, 0.25) is 10.0 Å². The van der Waals surface area contributed by atoms with Crippen LogP contribution in [0.5, 0.6) is 0 Å². The fourth-order valence-electron chi connectivity index (χ4n) is 2.48. The fraction of sp³-hybridized carbons (Fsp3) is 0.500. The van der Waals surface area contributed by atoms with Crippen LogP contribution >= 0.6 is 0 Å². The summed E-state index contributed by atoms with van der Waals surface area (Å²) in [6.45, 7) is 1.00. The van der Waals surface area contributed by atoms with Crippen LogP contribution in [-0.2, 0) is 10.0 Å². The van der Waals surface area contributed by atoms with Gasteiger partial charge < -0.3 is 4.90 Å². The quantitative estimate of drug-likeness (QED) is 0.842. The zero-order chi connectivity index (χ0) is 14.8. The average Bonchev–Trinajstić information content (AvgIpc) is 2.47. The first-order valence-electron chi connectivity index (χ1n) is 6.62. The first kappa shape index (κ1) is 15.0. The minimum Gasteiger partial charge on any atom is -0.305 e. The third-order valence-electron chi connectivity index (χ3n) is 3.71. The van der Waals surface area contributed by atoms with Gasteiger partial charge in [-0.25, -0.2) is 8.42 Å². The molecule has 1 atom stereocenters. The Morgan fingerprint density at radius 1 is 1.35 bits per heavy atom. The van der Waals surface area contributed by atoms with Gasteiger partial charge in [0, 0.05) is 19.1 Å². The Labute approximate surface area is 120 Å². The molecule has 0 radical (unpaired) electrons. The number of hydrogen-bond donors (Lipinski definition) is 0. The Morgan fingerprint density at radius 3 is 2.70 bits per heavy atom. The van der Waals surface area contributed by atoms with Crippen LogP contribution in [0.1, 0.15) is 18.4 Å². The number of benzene rings is 1. The summed E-state index contributed by atoms with van der Waals surface area (Å²) >= 11 is 0. The van der Waals surface area contributed by atoms with Crippen molar-refractivity contribution in [2.75, 3.05) is 27.2 Å². The molecule has 0 bridgehead atoms. The van der Waals surface area contributed by atoms with Crippen molar-refractivity contribution in [2.45, 2.75) is 23.8 Å². The number of rotatable bonds is 3.